The number of hydrogen-bond acceptors (Lipinski definition) is 5. The van der Waals surface area contributed by atoms with Gasteiger partial charge in [-0.3, -0.25) is 18.7 Å². The Bertz CT molecular complexity index is 999. The Balaban J connectivity index is 1.91. The summed E-state index contributed by atoms with van der Waals surface area (Å²) in [6.07, 6.45) is 2.50. The number of thiophene rings is 2. The standard InChI is InChI=1S/C18H21N3O3S2/c1-2-3-8-19-15(22)12-21-14-7-11-26-16(14)17(23)20(18(21)24)9-6-13-5-4-10-25-13/h4-5,7,10-11H,2-3,6,8-9,12H2,1H3,(H,19,22). The van der Waals surface area contributed by atoms with E-state index in [-0.39, 0.29) is 18.0 Å². The van der Waals surface area contributed by atoms with Gasteiger partial charge in [0.15, 0.2) is 0 Å². The number of nitrogens with zero attached hydrogens (tertiary/aromatic N) is 2. The van der Waals surface area contributed by atoms with E-state index >= 15 is 0 Å². The van der Waals surface area contributed by atoms with E-state index in [9.17, 15) is 14.4 Å². The van der Waals surface area contributed by atoms with Gasteiger partial charge < -0.3 is 5.32 Å². The lowest BCUT2D eigenvalue weighted by atomic mass is 10.3. The fraction of sp³-hybridized carbons (Fsp3) is 0.389. The van der Waals surface area contributed by atoms with Crippen molar-refractivity contribution in [3.63, 3.8) is 0 Å². The van der Waals surface area contributed by atoms with Crippen LogP contribution < -0.4 is 16.6 Å². The predicted molar refractivity (Wildman–Crippen MR) is 106 cm³/mol. The average Bonchev–Trinajstić information content (AvgIpc) is 3.30. The van der Waals surface area contributed by atoms with Crippen molar-refractivity contribution in [3.8, 4) is 0 Å². The predicted octanol–water partition coefficient (Wildman–Crippen LogP) is 2.45. The average molecular weight is 392 g/mol. The third-order valence-electron chi connectivity index (χ3n) is 4.15. The van der Waals surface area contributed by atoms with Crippen molar-refractivity contribution in [2.24, 2.45) is 0 Å². The third kappa shape index (κ3) is 3.96. The topological polar surface area (TPSA) is 73.1 Å². The first kappa shape index (κ1) is 18.6. The van der Waals surface area contributed by atoms with Crippen LogP contribution in [0, 0.1) is 0 Å². The largest absolute Gasteiger partial charge is 0.355 e. The van der Waals surface area contributed by atoms with Crippen LogP contribution in [0.2, 0.25) is 0 Å². The van der Waals surface area contributed by atoms with Gasteiger partial charge >= 0.3 is 5.69 Å². The molecule has 3 aromatic heterocycles. The number of amides is 1. The van der Waals surface area contributed by atoms with Gasteiger partial charge in [-0.05, 0) is 35.7 Å². The lowest BCUT2D eigenvalue weighted by Gasteiger charge is -2.12. The van der Waals surface area contributed by atoms with Gasteiger partial charge in [0.25, 0.3) is 5.56 Å². The molecule has 0 radical (unpaired) electrons. The van der Waals surface area contributed by atoms with Gasteiger partial charge in [-0.15, -0.1) is 22.7 Å². The van der Waals surface area contributed by atoms with Gasteiger partial charge in [0.05, 0.1) is 5.52 Å². The highest BCUT2D eigenvalue weighted by atomic mass is 32.1. The summed E-state index contributed by atoms with van der Waals surface area (Å²) in [5.74, 6) is -0.212. The normalized spacial score (nSPS) is 11.1. The molecule has 3 heterocycles. The zero-order valence-corrected chi connectivity index (χ0v) is 16.2. The molecule has 0 aliphatic heterocycles. The smallest absolute Gasteiger partial charge is 0.332 e. The molecule has 0 aliphatic carbocycles. The second-order valence-corrected chi connectivity index (χ2v) is 7.94. The Labute approximate surface area is 158 Å². The lowest BCUT2D eigenvalue weighted by Crippen LogP contribution is -2.42. The Morgan fingerprint density at radius 3 is 2.73 bits per heavy atom. The number of aryl methyl sites for hydroxylation is 1. The second kappa shape index (κ2) is 8.46. The molecule has 138 valence electrons. The second-order valence-electron chi connectivity index (χ2n) is 5.99. The molecule has 1 N–H and O–H groups in total. The van der Waals surface area contributed by atoms with Crippen LogP contribution >= 0.6 is 22.7 Å². The van der Waals surface area contributed by atoms with E-state index in [0.29, 0.717) is 29.7 Å². The first-order chi connectivity index (χ1) is 12.6. The molecule has 26 heavy (non-hydrogen) atoms. The van der Waals surface area contributed by atoms with Crippen LogP contribution in [-0.2, 0) is 24.3 Å². The van der Waals surface area contributed by atoms with E-state index in [2.05, 4.69) is 12.2 Å². The van der Waals surface area contributed by atoms with Gasteiger partial charge in [0, 0.05) is 18.0 Å². The summed E-state index contributed by atoms with van der Waals surface area (Å²) in [6.45, 7) is 2.88. The van der Waals surface area contributed by atoms with Crippen LogP contribution in [0.3, 0.4) is 0 Å². The van der Waals surface area contributed by atoms with E-state index in [1.165, 1.54) is 20.5 Å². The van der Waals surface area contributed by atoms with Gasteiger partial charge in [-0.1, -0.05) is 19.4 Å². The Hall–Kier alpha value is -2.19. The number of aromatic nitrogens is 2. The summed E-state index contributed by atoms with van der Waals surface area (Å²) in [5.41, 5.74) is -0.176. The highest BCUT2D eigenvalue weighted by molar-refractivity contribution is 7.17. The number of unbranched alkanes of at least 4 members (excludes halogenated alkanes) is 1. The number of rotatable bonds is 8. The molecule has 0 bridgehead atoms. The summed E-state index contributed by atoms with van der Waals surface area (Å²) in [4.78, 5) is 38.9. The van der Waals surface area contributed by atoms with Crippen LogP contribution in [0.1, 0.15) is 24.6 Å². The molecule has 8 heteroatoms. The minimum atomic E-state index is -0.428. The Morgan fingerprint density at radius 1 is 1.15 bits per heavy atom. The van der Waals surface area contributed by atoms with E-state index < -0.39 is 5.69 Å². The number of hydrogen-bond donors (Lipinski definition) is 1. The number of carbonyl (C=O) groups is 1. The maximum Gasteiger partial charge on any atom is 0.332 e. The molecule has 3 aromatic rings. The zero-order chi connectivity index (χ0) is 18.5. The first-order valence-electron chi connectivity index (χ1n) is 8.61. The van der Waals surface area contributed by atoms with E-state index in [1.807, 2.05) is 17.5 Å². The minimum Gasteiger partial charge on any atom is -0.355 e. The maximum atomic E-state index is 12.9. The molecule has 3 rings (SSSR count). The van der Waals surface area contributed by atoms with Crippen molar-refractivity contribution in [3.05, 3.63) is 54.7 Å². The van der Waals surface area contributed by atoms with Crippen LogP contribution in [0.4, 0.5) is 0 Å². The molecule has 0 unspecified atom stereocenters. The van der Waals surface area contributed by atoms with Gasteiger partial charge in [0.1, 0.15) is 11.2 Å². The summed E-state index contributed by atoms with van der Waals surface area (Å²) >= 11 is 2.90. The molecule has 0 spiro atoms. The minimum absolute atomic E-state index is 0.0743. The molecule has 1 amide bonds. The lowest BCUT2D eigenvalue weighted by molar-refractivity contribution is -0.121. The van der Waals surface area contributed by atoms with Crippen LogP contribution in [0.15, 0.2) is 38.5 Å². The summed E-state index contributed by atoms with van der Waals surface area (Å²) in [6, 6.07) is 5.66. The van der Waals surface area contributed by atoms with Crippen LogP contribution in [0.25, 0.3) is 10.2 Å². The van der Waals surface area contributed by atoms with Gasteiger partial charge in [0.2, 0.25) is 5.91 Å². The molecular formula is C18H21N3O3S2. The van der Waals surface area contributed by atoms with Crippen molar-refractivity contribution >= 4 is 38.8 Å². The third-order valence-corrected chi connectivity index (χ3v) is 5.98. The van der Waals surface area contributed by atoms with Gasteiger partial charge in [-0.25, -0.2) is 4.79 Å². The monoisotopic (exact) mass is 391 g/mol. The van der Waals surface area contributed by atoms with E-state index in [1.54, 1.807) is 22.8 Å². The van der Waals surface area contributed by atoms with E-state index in [0.717, 1.165) is 17.7 Å². The SMILES string of the molecule is CCCCNC(=O)Cn1c(=O)n(CCc2cccs2)c(=O)c2sccc21. The van der Waals surface area contributed by atoms with Crippen molar-refractivity contribution in [2.45, 2.75) is 39.3 Å². The molecule has 0 saturated carbocycles. The molecule has 0 atom stereocenters. The summed E-state index contributed by atoms with van der Waals surface area (Å²) in [5, 5.41) is 6.57. The number of carbonyl (C=O) groups excluding carboxylic acids is 1. The zero-order valence-electron chi connectivity index (χ0n) is 14.6. The van der Waals surface area contributed by atoms with Crippen molar-refractivity contribution in [1.82, 2.24) is 14.5 Å². The Morgan fingerprint density at radius 2 is 2.00 bits per heavy atom. The summed E-state index contributed by atoms with van der Waals surface area (Å²) < 4.78 is 3.16. The quantitative estimate of drug-likeness (QED) is 0.600. The fourth-order valence-corrected chi connectivity index (χ4v) is 4.31. The number of nitrogens with one attached hydrogen (secondary N) is 1. The number of fused-ring (bicyclic) bond motifs is 1. The molecule has 0 aromatic carbocycles. The van der Waals surface area contributed by atoms with Crippen molar-refractivity contribution in [2.75, 3.05) is 6.54 Å². The summed E-state index contributed by atoms with van der Waals surface area (Å²) in [7, 11) is 0. The molecule has 0 saturated heterocycles. The van der Waals surface area contributed by atoms with Crippen LogP contribution in [0.5, 0.6) is 0 Å². The first-order valence-corrected chi connectivity index (χ1v) is 10.4. The van der Waals surface area contributed by atoms with Crippen molar-refractivity contribution < 1.29 is 4.79 Å². The molecular weight excluding hydrogens is 370 g/mol. The molecule has 6 nitrogen and oxygen atoms in total. The van der Waals surface area contributed by atoms with E-state index in [4.69, 9.17) is 0 Å². The maximum absolute atomic E-state index is 12.9. The van der Waals surface area contributed by atoms with Crippen molar-refractivity contribution in [1.29, 1.82) is 0 Å². The fourth-order valence-electron chi connectivity index (χ4n) is 2.76. The molecule has 0 fully saturated rings. The molecule has 0 aliphatic rings. The van der Waals surface area contributed by atoms with Crippen LogP contribution in [-0.4, -0.2) is 21.6 Å². The highest BCUT2D eigenvalue weighted by Gasteiger charge is 2.16. The Kier molecular flexibility index (Phi) is 6.05. The highest BCUT2D eigenvalue weighted by Crippen LogP contribution is 2.15. The van der Waals surface area contributed by atoms with Gasteiger partial charge in [-0.2, -0.15) is 0 Å².